The first-order valence-electron chi connectivity index (χ1n) is 28.3. The van der Waals surface area contributed by atoms with Crippen molar-refractivity contribution in [1.82, 2.24) is 0 Å². The summed E-state index contributed by atoms with van der Waals surface area (Å²) in [6.45, 7) is 16.7. The molecule has 392 valence electrons. The van der Waals surface area contributed by atoms with Gasteiger partial charge in [-0.3, -0.25) is 0 Å². The van der Waals surface area contributed by atoms with Crippen molar-refractivity contribution in [2.75, 3.05) is 39.6 Å². The molecule has 0 saturated carbocycles. The zero-order valence-corrected chi connectivity index (χ0v) is 45.5. The lowest BCUT2D eigenvalue weighted by atomic mass is 9.96. The molecule has 0 unspecified atom stereocenters. The van der Waals surface area contributed by atoms with Gasteiger partial charge in [0.2, 0.25) is 0 Å². The Bertz CT molecular complexity index is 2140. The molecule has 0 fully saturated rings. The maximum atomic E-state index is 11.0. The Hall–Kier alpha value is -5.60. The molecule has 4 aromatic carbocycles. The first-order valence-corrected chi connectivity index (χ1v) is 28.3. The summed E-state index contributed by atoms with van der Waals surface area (Å²) >= 11 is 0. The van der Waals surface area contributed by atoms with Crippen LogP contribution in [0, 0.1) is 22.7 Å². The zero-order valence-electron chi connectivity index (χ0n) is 45.5. The molecule has 8 heteroatoms. The predicted molar refractivity (Wildman–Crippen MR) is 302 cm³/mol. The van der Waals surface area contributed by atoms with E-state index in [0.717, 1.165) is 175 Å². The molecule has 0 aliphatic carbocycles. The lowest BCUT2D eigenvalue weighted by molar-refractivity contribution is 0.296. The van der Waals surface area contributed by atoms with Gasteiger partial charge in [0.25, 0.3) is 0 Å². The second-order valence-corrected chi connectivity index (χ2v) is 19.2. The van der Waals surface area contributed by atoms with Gasteiger partial charge in [0.15, 0.2) is 0 Å². The summed E-state index contributed by atoms with van der Waals surface area (Å²) in [5.74, 6) is 4.15. The summed E-state index contributed by atoms with van der Waals surface area (Å²) in [7, 11) is 0. The van der Waals surface area contributed by atoms with E-state index in [1.807, 2.05) is 60.7 Å². The van der Waals surface area contributed by atoms with Crippen molar-refractivity contribution in [1.29, 1.82) is 10.5 Å². The molecule has 0 spiro atoms. The van der Waals surface area contributed by atoms with Crippen LogP contribution in [-0.2, 0) is 0 Å². The molecule has 0 atom stereocenters. The quantitative estimate of drug-likeness (QED) is 0.0247. The molecular weight excluding hydrogens is 893 g/mol. The molecule has 0 aliphatic heterocycles. The number of unbranched alkanes of at least 4 members (excludes halogenated alkanes) is 18. The van der Waals surface area contributed by atoms with Crippen LogP contribution in [0.3, 0.4) is 0 Å². The third-order valence-electron chi connectivity index (χ3n) is 13.0. The van der Waals surface area contributed by atoms with E-state index in [0.29, 0.717) is 84.9 Å². The monoisotopic (exact) mass is 983 g/mol. The van der Waals surface area contributed by atoms with Gasteiger partial charge in [0.1, 0.15) is 34.5 Å². The van der Waals surface area contributed by atoms with Crippen LogP contribution in [0.4, 0.5) is 0 Å². The van der Waals surface area contributed by atoms with E-state index in [4.69, 9.17) is 28.4 Å². The SMILES string of the molecule is CCCCCCOc1ccc(OCCCCCC)c(/C(C#N)=C/c2ccc3c(OCCCCCC)c(/C=C(\C#N)c4cc(OCCCCCC)ccc4OCCCCCC)ccc3c2OCCCCCC)c1. The van der Waals surface area contributed by atoms with Crippen molar-refractivity contribution in [3.63, 3.8) is 0 Å². The van der Waals surface area contributed by atoms with Gasteiger partial charge in [-0.1, -0.05) is 169 Å². The Morgan fingerprint density at radius 1 is 0.361 bits per heavy atom. The molecule has 0 bridgehead atoms. The summed E-state index contributed by atoms with van der Waals surface area (Å²) in [5, 5.41) is 23.7. The number of ether oxygens (including phenoxy) is 6. The molecule has 0 radical (unpaired) electrons. The lowest BCUT2D eigenvalue weighted by Crippen LogP contribution is -2.04. The number of nitriles is 2. The van der Waals surface area contributed by atoms with E-state index in [2.05, 4.69) is 65.8 Å². The summed E-state index contributed by atoms with van der Waals surface area (Å²) in [4.78, 5) is 0. The van der Waals surface area contributed by atoms with Crippen LogP contribution in [0.1, 0.15) is 218 Å². The van der Waals surface area contributed by atoms with E-state index < -0.39 is 0 Å². The van der Waals surface area contributed by atoms with E-state index in [1.165, 1.54) is 12.8 Å². The Morgan fingerprint density at radius 2 is 0.667 bits per heavy atom. The largest absolute Gasteiger partial charge is 0.494 e. The minimum Gasteiger partial charge on any atom is -0.494 e. The fourth-order valence-electron chi connectivity index (χ4n) is 8.72. The fourth-order valence-corrected chi connectivity index (χ4v) is 8.72. The molecule has 0 aromatic heterocycles. The average molecular weight is 983 g/mol. The van der Waals surface area contributed by atoms with E-state index >= 15 is 0 Å². The van der Waals surface area contributed by atoms with E-state index in [9.17, 15) is 10.5 Å². The molecule has 0 N–H and O–H groups in total. The van der Waals surface area contributed by atoms with Crippen LogP contribution in [0.2, 0.25) is 0 Å². The van der Waals surface area contributed by atoms with E-state index in [-0.39, 0.29) is 0 Å². The third kappa shape index (κ3) is 20.5. The minimum atomic E-state index is 0.464. The van der Waals surface area contributed by atoms with Crippen LogP contribution in [0.25, 0.3) is 34.1 Å². The maximum absolute atomic E-state index is 11.0. The highest BCUT2D eigenvalue weighted by Gasteiger charge is 2.20. The van der Waals surface area contributed by atoms with Crippen LogP contribution in [0.5, 0.6) is 34.5 Å². The normalized spacial score (nSPS) is 11.6. The highest BCUT2D eigenvalue weighted by Crippen LogP contribution is 2.42. The van der Waals surface area contributed by atoms with Gasteiger partial charge in [-0.15, -0.1) is 0 Å². The second-order valence-electron chi connectivity index (χ2n) is 19.2. The molecule has 0 aliphatic rings. The van der Waals surface area contributed by atoms with Gasteiger partial charge in [-0.2, -0.15) is 10.5 Å². The summed E-state index contributed by atoms with van der Waals surface area (Å²) < 4.78 is 39.0. The first kappa shape index (κ1) is 59.0. The highest BCUT2D eigenvalue weighted by molar-refractivity contribution is 6.03. The van der Waals surface area contributed by atoms with Gasteiger partial charge >= 0.3 is 0 Å². The van der Waals surface area contributed by atoms with Crippen molar-refractivity contribution < 1.29 is 28.4 Å². The number of hydrogen-bond donors (Lipinski definition) is 0. The van der Waals surface area contributed by atoms with Crippen LogP contribution in [0.15, 0.2) is 60.7 Å². The third-order valence-corrected chi connectivity index (χ3v) is 13.0. The number of rotatable bonds is 40. The minimum absolute atomic E-state index is 0.464. The topological polar surface area (TPSA) is 103 Å². The van der Waals surface area contributed by atoms with Crippen molar-refractivity contribution >= 4 is 34.1 Å². The van der Waals surface area contributed by atoms with Gasteiger partial charge < -0.3 is 28.4 Å². The number of hydrogen-bond acceptors (Lipinski definition) is 8. The molecular formula is C64H90N2O6. The van der Waals surface area contributed by atoms with Crippen molar-refractivity contribution in [2.24, 2.45) is 0 Å². The molecule has 4 aromatic rings. The van der Waals surface area contributed by atoms with Crippen molar-refractivity contribution in [2.45, 2.75) is 196 Å². The number of benzene rings is 4. The van der Waals surface area contributed by atoms with Crippen LogP contribution >= 0.6 is 0 Å². The van der Waals surface area contributed by atoms with Gasteiger partial charge in [-0.25, -0.2) is 0 Å². The molecule has 0 saturated heterocycles. The van der Waals surface area contributed by atoms with Crippen LogP contribution < -0.4 is 28.4 Å². The number of allylic oxidation sites excluding steroid dienone is 2. The summed E-state index contributed by atoms with van der Waals surface area (Å²) in [5.41, 5.74) is 3.90. The zero-order chi connectivity index (χ0) is 51.4. The van der Waals surface area contributed by atoms with Crippen LogP contribution in [-0.4, -0.2) is 39.6 Å². The Balaban J connectivity index is 1.89. The molecule has 0 heterocycles. The maximum Gasteiger partial charge on any atom is 0.134 e. The van der Waals surface area contributed by atoms with Gasteiger partial charge in [0.05, 0.1) is 62.9 Å². The smallest absolute Gasteiger partial charge is 0.134 e. The van der Waals surface area contributed by atoms with Crippen molar-refractivity contribution in [3.8, 4) is 46.6 Å². The summed E-state index contributed by atoms with van der Waals surface area (Å²) in [6.07, 6.45) is 29.9. The predicted octanol–water partition coefficient (Wildman–Crippen LogP) is 18.7. The average Bonchev–Trinajstić information content (AvgIpc) is 3.40. The van der Waals surface area contributed by atoms with Crippen molar-refractivity contribution in [3.05, 3.63) is 82.9 Å². The lowest BCUT2D eigenvalue weighted by Gasteiger charge is -2.18. The molecule has 8 nitrogen and oxygen atoms in total. The number of fused-ring (bicyclic) bond motifs is 1. The Kier molecular flexibility index (Phi) is 29.8. The number of nitrogens with zero attached hydrogens (tertiary/aromatic N) is 2. The van der Waals surface area contributed by atoms with Gasteiger partial charge in [0, 0.05) is 33.0 Å². The first-order chi connectivity index (χ1) is 35.5. The standard InChI is InChI=1S/C64H90N2O6/c1-7-13-19-25-39-67-55-33-37-61(69-41-27-21-15-9-3)59(47-55)53(49-65)45-51-31-35-58-57(63(51)71-43-29-23-17-11-5)36-32-52(64(58)72-44-30-24-18-12-6)46-54(50-66)60-48-56(68-40-26-20-14-8-2)34-38-62(60)70-42-28-22-16-10-4/h31-38,45-48H,7-30,39-44H2,1-6H3/b53-45+,54-46+. The molecule has 4 rings (SSSR count). The Labute approximate surface area is 436 Å². The molecule has 72 heavy (non-hydrogen) atoms. The highest BCUT2D eigenvalue weighted by atomic mass is 16.5. The summed E-state index contributed by atoms with van der Waals surface area (Å²) in [6, 6.07) is 25.0. The van der Waals surface area contributed by atoms with Gasteiger partial charge in [-0.05, 0) is 99.2 Å². The van der Waals surface area contributed by atoms with E-state index in [1.54, 1.807) is 0 Å². The fraction of sp³-hybridized carbons (Fsp3) is 0.562. The molecule has 0 amide bonds. The Morgan fingerprint density at radius 3 is 0.972 bits per heavy atom. The second kappa shape index (κ2) is 36.3.